The highest BCUT2D eigenvalue weighted by molar-refractivity contribution is 6.01. The minimum absolute atomic E-state index is 0.0162. The lowest BCUT2D eigenvalue weighted by Gasteiger charge is -2.21. The van der Waals surface area contributed by atoms with Crippen LogP contribution < -0.4 is 0 Å². The van der Waals surface area contributed by atoms with Gasteiger partial charge in [0.2, 0.25) is 5.91 Å². The van der Waals surface area contributed by atoms with E-state index in [0.717, 1.165) is 10.5 Å². The number of benzene rings is 2. The summed E-state index contributed by atoms with van der Waals surface area (Å²) in [5, 5.41) is 0. The Kier molecular flexibility index (Phi) is 6.16. The summed E-state index contributed by atoms with van der Waals surface area (Å²) in [4.78, 5) is 49.5. The number of esters is 1. The number of carbonyl (C=O) groups excluding carboxylic acids is 4. The molecule has 0 unspecified atom stereocenters. The van der Waals surface area contributed by atoms with E-state index < -0.39 is 30.6 Å². The number of carbonyl (C=O) groups is 4. The van der Waals surface area contributed by atoms with Gasteiger partial charge in [-0.15, -0.1) is 0 Å². The lowest BCUT2D eigenvalue weighted by Crippen LogP contribution is -2.44. The maximum Gasteiger partial charge on any atom is 0.417 e. The summed E-state index contributed by atoms with van der Waals surface area (Å²) in [6, 6.07) is 16.3. The van der Waals surface area contributed by atoms with Crippen LogP contribution in [0.4, 0.5) is 4.79 Å². The SMILES string of the molecule is O=C(COC(=O)[C@H]1CCC(=O)N1C(=O)OCc1ccccc1)c1ccccc1. The number of rotatable bonds is 6. The summed E-state index contributed by atoms with van der Waals surface area (Å²) in [7, 11) is 0. The van der Waals surface area contributed by atoms with Crippen LogP contribution in [-0.4, -0.2) is 41.3 Å². The molecule has 0 radical (unpaired) electrons. The average molecular weight is 381 g/mol. The molecule has 1 saturated heterocycles. The number of amides is 2. The third kappa shape index (κ3) is 4.62. The van der Waals surface area contributed by atoms with Crippen molar-refractivity contribution in [2.75, 3.05) is 6.61 Å². The van der Waals surface area contributed by atoms with Gasteiger partial charge in [0.15, 0.2) is 12.4 Å². The third-order valence-electron chi connectivity index (χ3n) is 4.33. The fourth-order valence-electron chi connectivity index (χ4n) is 2.86. The van der Waals surface area contributed by atoms with Crippen molar-refractivity contribution in [1.82, 2.24) is 4.90 Å². The van der Waals surface area contributed by atoms with E-state index >= 15 is 0 Å². The molecule has 28 heavy (non-hydrogen) atoms. The molecule has 2 aromatic rings. The normalized spacial score (nSPS) is 15.9. The zero-order valence-electron chi connectivity index (χ0n) is 15.1. The molecule has 0 spiro atoms. The smallest absolute Gasteiger partial charge is 0.417 e. The van der Waals surface area contributed by atoms with Gasteiger partial charge in [0.25, 0.3) is 0 Å². The highest BCUT2D eigenvalue weighted by Crippen LogP contribution is 2.21. The van der Waals surface area contributed by atoms with Crippen molar-refractivity contribution in [2.45, 2.75) is 25.5 Å². The maximum absolute atomic E-state index is 12.3. The second kappa shape index (κ2) is 8.94. The Morgan fingerprint density at radius 1 is 0.929 bits per heavy atom. The van der Waals surface area contributed by atoms with Crippen molar-refractivity contribution in [1.29, 1.82) is 0 Å². The fraction of sp³-hybridized carbons (Fsp3) is 0.238. The highest BCUT2D eigenvalue weighted by atomic mass is 16.6. The molecular weight excluding hydrogens is 362 g/mol. The Hall–Kier alpha value is -3.48. The van der Waals surface area contributed by atoms with Crippen LogP contribution in [0.5, 0.6) is 0 Å². The molecule has 7 heteroatoms. The molecular formula is C21H19NO6. The molecule has 0 aromatic heterocycles. The first-order chi connectivity index (χ1) is 13.6. The summed E-state index contributed by atoms with van der Waals surface area (Å²) in [5.74, 6) is -1.67. The van der Waals surface area contributed by atoms with Crippen molar-refractivity contribution in [3.8, 4) is 0 Å². The van der Waals surface area contributed by atoms with Gasteiger partial charge in [-0.3, -0.25) is 9.59 Å². The molecule has 1 atom stereocenters. The molecule has 2 amide bonds. The molecule has 3 rings (SSSR count). The van der Waals surface area contributed by atoms with E-state index in [4.69, 9.17) is 9.47 Å². The van der Waals surface area contributed by atoms with E-state index in [0.29, 0.717) is 5.56 Å². The summed E-state index contributed by atoms with van der Waals surface area (Å²) < 4.78 is 10.2. The second-order valence-electron chi connectivity index (χ2n) is 6.26. The van der Waals surface area contributed by atoms with E-state index in [1.165, 1.54) is 0 Å². The van der Waals surface area contributed by atoms with Gasteiger partial charge in [0, 0.05) is 12.0 Å². The molecule has 0 saturated carbocycles. The molecule has 1 aliphatic rings. The van der Waals surface area contributed by atoms with E-state index in [1.807, 2.05) is 6.07 Å². The van der Waals surface area contributed by atoms with Crippen molar-refractivity contribution >= 4 is 23.8 Å². The summed E-state index contributed by atoms with van der Waals surface area (Å²) in [6.45, 7) is -0.474. The van der Waals surface area contributed by atoms with Crippen LogP contribution in [0.1, 0.15) is 28.8 Å². The van der Waals surface area contributed by atoms with Gasteiger partial charge in [-0.05, 0) is 12.0 Å². The Morgan fingerprint density at radius 3 is 2.25 bits per heavy atom. The van der Waals surface area contributed by atoms with Gasteiger partial charge in [-0.1, -0.05) is 60.7 Å². The highest BCUT2D eigenvalue weighted by Gasteiger charge is 2.42. The number of Topliss-reactive ketones (excluding diaryl/α,β-unsaturated/α-hetero) is 1. The number of hydrogen-bond acceptors (Lipinski definition) is 6. The predicted octanol–water partition coefficient (Wildman–Crippen LogP) is 2.74. The molecule has 0 aliphatic carbocycles. The van der Waals surface area contributed by atoms with E-state index in [2.05, 4.69) is 0 Å². The van der Waals surface area contributed by atoms with Crippen LogP contribution in [0.3, 0.4) is 0 Å². The van der Waals surface area contributed by atoms with Gasteiger partial charge < -0.3 is 9.47 Å². The Morgan fingerprint density at radius 2 is 1.57 bits per heavy atom. The quantitative estimate of drug-likeness (QED) is 0.565. The second-order valence-corrected chi connectivity index (χ2v) is 6.26. The van der Waals surface area contributed by atoms with Crippen LogP contribution in [0, 0.1) is 0 Å². The molecule has 1 aliphatic heterocycles. The van der Waals surface area contributed by atoms with E-state index in [1.54, 1.807) is 54.6 Å². The zero-order chi connectivity index (χ0) is 19.9. The number of hydrogen-bond donors (Lipinski definition) is 0. The summed E-state index contributed by atoms with van der Waals surface area (Å²) >= 11 is 0. The van der Waals surface area contributed by atoms with Gasteiger partial charge >= 0.3 is 12.1 Å². The van der Waals surface area contributed by atoms with Gasteiger partial charge in [-0.25, -0.2) is 14.5 Å². The summed E-state index contributed by atoms with van der Waals surface area (Å²) in [6.07, 6.45) is -0.729. The summed E-state index contributed by atoms with van der Waals surface area (Å²) in [5.41, 5.74) is 1.17. The topological polar surface area (TPSA) is 90.0 Å². The number of imide groups is 1. The largest absolute Gasteiger partial charge is 0.456 e. The molecule has 0 N–H and O–H groups in total. The molecule has 7 nitrogen and oxygen atoms in total. The van der Waals surface area contributed by atoms with Crippen LogP contribution in [0.2, 0.25) is 0 Å². The Labute approximate surface area is 161 Å². The Balaban J connectivity index is 1.57. The van der Waals surface area contributed by atoms with Gasteiger partial charge in [0.1, 0.15) is 12.6 Å². The first kappa shape index (κ1) is 19.3. The Bertz CT molecular complexity index is 865. The van der Waals surface area contributed by atoms with Crippen LogP contribution in [-0.2, 0) is 25.7 Å². The minimum atomic E-state index is -1.08. The van der Waals surface area contributed by atoms with Crippen molar-refractivity contribution in [2.24, 2.45) is 0 Å². The third-order valence-corrected chi connectivity index (χ3v) is 4.33. The standard InChI is InChI=1S/C21H19NO6/c23-18(16-9-5-2-6-10-16)14-27-20(25)17-11-12-19(24)22(17)21(26)28-13-15-7-3-1-4-8-15/h1-10,17H,11-14H2/t17-/m1/s1. The van der Waals surface area contributed by atoms with Crippen LogP contribution in [0.15, 0.2) is 60.7 Å². The van der Waals surface area contributed by atoms with Crippen molar-refractivity contribution in [3.05, 3.63) is 71.8 Å². The van der Waals surface area contributed by atoms with E-state index in [9.17, 15) is 19.2 Å². The van der Waals surface area contributed by atoms with E-state index in [-0.39, 0.29) is 25.2 Å². The lowest BCUT2D eigenvalue weighted by atomic mass is 10.1. The van der Waals surface area contributed by atoms with Crippen LogP contribution in [0.25, 0.3) is 0 Å². The molecule has 144 valence electrons. The lowest BCUT2D eigenvalue weighted by molar-refractivity contribution is -0.149. The predicted molar refractivity (Wildman–Crippen MR) is 98.2 cm³/mol. The van der Waals surface area contributed by atoms with Gasteiger partial charge in [0.05, 0.1) is 0 Å². The molecule has 1 heterocycles. The number of ether oxygens (including phenoxy) is 2. The fourth-order valence-corrected chi connectivity index (χ4v) is 2.86. The van der Waals surface area contributed by atoms with Crippen molar-refractivity contribution < 1.29 is 28.7 Å². The monoisotopic (exact) mass is 381 g/mol. The molecule has 1 fully saturated rings. The molecule has 0 bridgehead atoms. The zero-order valence-corrected chi connectivity index (χ0v) is 15.1. The average Bonchev–Trinajstić information content (AvgIpc) is 3.13. The first-order valence-electron chi connectivity index (χ1n) is 8.84. The number of ketones is 1. The van der Waals surface area contributed by atoms with Crippen molar-refractivity contribution in [3.63, 3.8) is 0 Å². The molecule has 2 aromatic carbocycles. The minimum Gasteiger partial charge on any atom is -0.456 e. The number of nitrogens with zero attached hydrogens (tertiary/aromatic N) is 1. The number of likely N-dealkylation sites (tertiary alicyclic amines) is 1. The maximum atomic E-state index is 12.3. The first-order valence-corrected chi connectivity index (χ1v) is 8.84. The van der Waals surface area contributed by atoms with Gasteiger partial charge in [-0.2, -0.15) is 0 Å². The van der Waals surface area contributed by atoms with Crippen LogP contribution >= 0.6 is 0 Å².